The number of nitrogens with zero attached hydrogens (tertiary/aromatic N) is 2. The second-order valence-electron chi connectivity index (χ2n) is 12.2. The van der Waals surface area contributed by atoms with Gasteiger partial charge in [-0.2, -0.15) is 11.8 Å². The van der Waals surface area contributed by atoms with Crippen molar-refractivity contribution in [2.45, 2.75) is 76.7 Å². The first-order valence-corrected chi connectivity index (χ1v) is 15.2. The summed E-state index contributed by atoms with van der Waals surface area (Å²) in [5, 5.41) is 0.0613. The number of likely N-dealkylation sites (tertiary alicyclic amines) is 1. The molecule has 220 valence electrons. The number of hydrogen-bond acceptors (Lipinski definition) is 7. The van der Waals surface area contributed by atoms with E-state index in [9.17, 15) is 12.3 Å². The molecule has 1 spiro atoms. The van der Waals surface area contributed by atoms with Crippen molar-refractivity contribution in [3.05, 3.63) is 64.8 Å². The molecule has 0 bridgehead atoms. The van der Waals surface area contributed by atoms with E-state index in [4.69, 9.17) is 15.6 Å². The molecule has 0 N–H and O–H groups in total. The van der Waals surface area contributed by atoms with Crippen LogP contribution in [-0.2, 0) is 16.0 Å². The van der Waals surface area contributed by atoms with Gasteiger partial charge in [0.15, 0.2) is 0 Å². The number of thioether (sulfide) groups is 1. The van der Waals surface area contributed by atoms with E-state index >= 15 is 0 Å². The third kappa shape index (κ3) is 5.86. The Morgan fingerprint density at radius 2 is 1.85 bits per heavy atom. The van der Waals surface area contributed by atoms with Crippen LogP contribution in [-0.4, -0.2) is 59.4 Å². The van der Waals surface area contributed by atoms with Gasteiger partial charge in [-0.15, -0.1) is 0 Å². The number of rotatable bonds is 6. The molecule has 1 aliphatic carbocycles. The molecule has 1 aliphatic heterocycles. The van der Waals surface area contributed by atoms with E-state index in [0.717, 1.165) is 30.4 Å². The predicted molar refractivity (Wildman–Crippen MR) is 164 cm³/mol. The van der Waals surface area contributed by atoms with Crippen molar-refractivity contribution in [2.24, 2.45) is 5.41 Å². The molecule has 0 radical (unpaired) electrons. The lowest BCUT2D eigenvalue weighted by molar-refractivity contribution is -0.00568. The highest BCUT2D eigenvalue weighted by atomic mass is 32.2. The Hall–Kier alpha value is -2.97. The number of benzene rings is 2. The zero-order valence-corrected chi connectivity index (χ0v) is 25.8. The summed E-state index contributed by atoms with van der Waals surface area (Å²) in [6, 6.07) is 10.4. The Morgan fingerprint density at radius 1 is 1.15 bits per heavy atom. The number of piperidine rings is 1. The summed E-state index contributed by atoms with van der Waals surface area (Å²) < 4.78 is 46.0. The molecule has 1 atom stereocenters. The van der Waals surface area contributed by atoms with E-state index in [2.05, 4.69) is 0 Å². The molecular weight excluding hydrogens is 536 g/mol. The van der Waals surface area contributed by atoms with Crippen LogP contribution in [0.4, 0.5) is 4.79 Å². The number of hydrogen-bond donors (Lipinski definition) is 0. The van der Waals surface area contributed by atoms with E-state index in [-0.39, 0.29) is 11.5 Å². The molecule has 0 unspecified atom stereocenters. The second-order valence-corrected chi connectivity index (χ2v) is 13.2. The highest BCUT2D eigenvalue weighted by Crippen LogP contribution is 2.57. The molecule has 3 aromatic rings. The highest BCUT2D eigenvalue weighted by molar-refractivity contribution is 7.99. The molecule has 2 aliphatic rings. The van der Waals surface area contributed by atoms with Gasteiger partial charge in [0, 0.05) is 39.0 Å². The van der Waals surface area contributed by atoms with Gasteiger partial charge >= 0.3 is 12.1 Å². The summed E-state index contributed by atoms with van der Waals surface area (Å²) in [7, 11) is 2.88. The summed E-state index contributed by atoms with van der Waals surface area (Å²) in [5.74, 6) is -0.0266. The molecule has 5 rings (SSSR count). The standard InChI is InChI=1S/C33H42N2O5S/c1-21-16-28(38-5)26(25-12-14-35(29(21)25)31(37)40-32(2,3)4)20-34-15-13-33(17-24(18-33)41-7)19-27(34)22-8-10-23(11-9-22)30(36)39-6/h8-12,14,16,24,27H,13,15,17-20H2,1-7H3/t24?,27-,33?/m0/s1/i20D2,24D. The van der Waals surface area contributed by atoms with Gasteiger partial charge in [0.1, 0.15) is 11.4 Å². The quantitative estimate of drug-likeness (QED) is 0.281. The number of aromatic nitrogens is 1. The van der Waals surface area contributed by atoms with Gasteiger partial charge in [-0.3, -0.25) is 9.47 Å². The summed E-state index contributed by atoms with van der Waals surface area (Å²) >= 11 is 1.58. The Bertz CT molecular complexity index is 1570. The molecule has 41 heavy (non-hydrogen) atoms. The van der Waals surface area contributed by atoms with Gasteiger partial charge in [-0.25, -0.2) is 9.59 Å². The van der Waals surface area contributed by atoms with E-state index < -0.39 is 29.4 Å². The number of fused-ring (bicyclic) bond motifs is 1. The molecule has 8 heteroatoms. The van der Waals surface area contributed by atoms with Crippen molar-refractivity contribution in [3.63, 3.8) is 0 Å². The van der Waals surface area contributed by atoms with Crippen LogP contribution >= 0.6 is 11.8 Å². The van der Waals surface area contributed by atoms with Crippen LogP contribution in [0.2, 0.25) is 0 Å². The molecule has 1 saturated carbocycles. The molecule has 2 fully saturated rings. The van der Waals surface area contributed by atoms with Crippen LogP contribution in [0.5, 0.6) is 5.75 Å². The minimum atomic E-state index is -2.01. The summed E-state index contributed by atoms with van der Waals surface area (Å²) in [6.45, 7) is 5.76. The van der Waals surface area contributed by atoms with Gasteiger partial charge in [0.25, 0.3) is 0 Å². The molecule has 2 aromatic carbocycles. The maximum Gasteiger partial charge on any atom is 0.419 e. The zero-order valence-electron chi connectivity index (χ0n) is 28.0. The topological polar surface area (TPSA) is 70.0 Å². The van der Waals surface area contributed by atoms with Gasteiger partial charge in [-0.1, -0.05) is 12.1 Å². The number of aryl methyl sites for hydroxylation is 1. The zero-order chi connectivity index (χ0) is 32.2. The van der Waals surface area contributed by atoms with Crippen LogP contribution in [0.1, 0.15) is 83.7 Å². The number of methoxy groups -OCH3 is 2. The lowest BCUT2D eigenvalue weighted by Crippen LogP contribution is -2.49. The average Bonchev–Trinajstić information content (AvgIpc) is 3.40. The molecule has 7 nitrogen and oxygen atoms in total. The number of ether oxygens (including phenoxy) is 3. The second kappa shape index (κ2) is 11.4. The van der Waals surface area contributed by atoms with Crippen molar-refractivity contribution in [1.82, 2.24) is 9.47 Å². The third-order valence-corrected chi connectivity index (χ3v) is 9.09. The van der Waals surface area contributed by atoms with Gasteiger partial charge < -0.3 is 14.2 Å². The molecule has 2 heterocycles. The van der Waals surface area contributed by atoms with Gasteiger partial charge in [-0.05, 0) is 107 Å². The first-order valence-electron chi connectivity index (χ1n) is 15.5. The Morgan fingerprint density at radius 3 is 2.46 bits per heavy atom. The van der Waals surface area contributed by atoms with Gasteiger partial charge in [0.05, 0.1) is 25.3 Å². The normalized spacial score (nSPS) is 26.1. The Balaban J connectivity index is 1.61. The lowest BCUT2D eigenvalue weighted by atomic mass is 9.60. The van der Waals surface area contributed by atoms with E-state index in [0.29, 0.717) is 40.7 Å². The molecule has 1 saturated heterocycles. The maximum absolute atomic E-state index is 13.2. The number of carbonyl (C=O) groups excluding carboxylic acids is 2. The lowest BCUT2D eigenvalue weighted by Gasteiger charge is -2.55. The highest BCUT2D eigenvalue weighted by Gasteiger charge is 2.48. The summed E-state index contributed by atoms with van der Waals surface area (Å²) in [4.78, 5) is 27.2. The minimum Gasteiger partial charge on any atom is -0.496 e. The van der Waals surface area contributed by atoms with Crippen molar-refractivity contribution in [3.8, 4) is 5.75 Å². The smallest absolute Gasteiger partial charge is 0.419 e. The first-order chi connectivity index (χ1) is 20.6. The molecule has 0 amide bonds. The number of esters is 1. The summed E-state index contributed by atoms with van der Waals surface area (Å²) in [5.41, 5.74) is 2.25. The Labute approximate surface area is 251 Å². The van der Waals surface area contributed by atoms with Crippen molar-refractivity contribution < 1.29 is 27.9 Å². The average molecular weight is 582 g/mol. The SMILES string of the molecule is [2H]C1(SC)CC2(CCN(C([2H])([2H])c3c(OC)cc(C)c4c3ccn4C(=O)OC(C)(C)C)[C@H](c3ccc(C(=O)OC)cc3)C2)C1. The molecular formula is C33H42N2O5S. The van der Waals surface area contributed by atoms with Crippen molar-refractivity contribution in [2.75, 3.05) is 27.0 Å². The maximum atomic E-state index is 13.2. The van der Waals surface area contributed by atoms with Crippen LogP contribution < -0.4 is 4.74 Å². The third-order valence-electron chi connectivity index (χ3n) is 8.22. The van der Waals surface area contributed by atoms with E-state index in [1.807, 2.05) is 51.0 Å². The Kier molecular flexibility index (Phi) is 7.13. The van der Waals surface area contributed by atoms with E-state index in [1.165, 1.54) is 18.8 Å². The van der Waals surface area contributed by atoms with Crippen molar-refractivity contribution >= 4 is 34.7 Å². The van der Waals surface area contributed by atoms with Crippen LogP contribution in [0.3, 0.4) is 0 Å². The van der Waals surface area contributed by atoms with Crippen molar-refractivity contribution in [1.29, 1.82) is 0 Å². The predicted octanol–water partition coefficient (Wildman–Crippen LogP) is 7.38. The first kappa shape index (κ1) is 25.7. The molecule has 1 aromatic heterocycles. The van der Waals surface area contributed by atoms with Crippen LogP contribution in [0.15, 0.2) is 42.6 Å². The fraction of sp³-hybridized carbons (Fsp3) is 0.515. The van der Waals surface area contributed by atoms with E-state index in [1.54, 1.807) is 42.2 Å². The summed E-state index contributed by atoms with van der Waals surface area (Å²) in [6.07, 6.45) is 6.03. The minimum absolute atomic E-state index is 0.0598. The fourth-order valence-corrected chi connectivity index (χ4v) is 7.07. The largest absolute Gasteiger partial charge is 0.496 e. The van der Waals surface area contributed by atoms with Gasteiger partial charge in [0.2, 0.25) is 0 Å². The van der Waals surface area contributed by atoms with Crippen LogP contribution in [0.25, 0.3) is 10.9 Å². The van der Waals surface area contributed by atoms with Crippen LogP contribution in [0, 0.1) is 12.3 Å². The monoisotopic (exact) mass is 581 g/mol. The fourth-order valence-electron chi connectivity index (χ4n) is 6.17. The number of carbonyl (C=O) groups is 2.